The number of hydrogen-bond acceptors (Lipinski definition) is 3. The molecule has 3 rings (SSSR count). The van der Waals surface area contributed by atoms with Crippen LogP contribution in [0.25, 0.3) is 10.1 Å². The Kier molecular flexibility index (Phi) is 3.85. The molecule has 0 saturated carbocycles. The average molecular weight is 301 g/mol. The van der Waals surface area contributed by atoms with Crippen LogP contribution in [-0.4, -0.2) is 11.9 Å². The molecule has 20 heavy (non-hydrogen) atoms. The topological polar surface area (TPSA) is 29.1 Å². The predicted molar refractivity (Wildman–Crippen MR) is 86.8 cm³/mol. The molecule has 102 valence electrons. The summed E-state index contributed by atoms with van der Waals surface area (Å²) < 4.78 is 1.30. The van der Waals surface area contributed by atoms with E-state index in [1.165, 1.54) is 27.0 Å². The zero-order chi connectivity index (χ0) is 13.9. The lowest BCUT2D eigenvalue weighted by atomic mass is 10.1. The molecule has 0 saturated heterocycles. The van der Waals surface area contributed by atoms with Crippen LogP contribution in [0.4, 0.5) is 0 Å². The van der Waals surface area contributed by atoms with Crippen LogP contribution in [0, 0.1) is 0 Å². The van der Waals surface area contributed by atoms with Crippen molar-refractivity contribution in [3.8, 4) is 0 Å². The van der Waals surface area contributed by atoms with Gasteiger partial charge in [0.25, 0.3) is 5.91 Å². The van der Waals surface area contributed by atoms with Crippen molar-refractivity contribution in [2.45, 2.75) is 19.4 Å². The average Bonchev–Trinajstić information content (AvgIpc) is 3.09. The third-order valence-electron chi connectivity index (χ3n) is 3.21. The number of carbonyl (C=O) groups excluding carboxylic acids is 1. The van der Waals surface area contributed by atoms with Crippen molar-refractivity contribution in [2.75, 3.05) is 0 Å². The summed E-state index contributed by atoms with van der Waals surface area (Å²) >= 11 is 3.24. The monoisotopic (exact) mass is 301 g/mol. The molecule has 0 aliphatic carbocycles. The van der Waals surface area contributed by atoms with E-state index in [1.54, 1.807) is 11.3 Å². The van der Waals surface area contributed by atoms with Gasteiger partial charge < -0.3 is 5.32 Å². The van der Waals surface area contributed by atoms with E-state index in [2.05, 4.69) is 41.9 Å². The highest BCUT2D eigenvalue weighted by molar-refractivity contribution is 7.17. The van der Waals surface area contributed by atoms with E-state index >= 15 is 0 Å². The predicted octanol–water partition coefficient (Wildman–Crippen LogP) is 4.32. The van der Waals surface area contributed by atoms with Crippen LogP contribution in [0.1, 0.15) is 22.2 Å². The molecule has 0 radical (unpaired) electrons. The molecule has 1 atom stereocenters. The van der Waals surface area contributed by atoms with E-state index in [0.29, 0.717) is 0 Å². The van der Waals surface area contributed by atoms with Crippen molar-refractivity contribution in [2.24, 2.45) is 0 Å². The first-order chi connectivity index (χ1) is 9.74. The quantitative estimate of drug-likeness (QED) is 0.764. The van der Waals surface area contributed by atoms with Gasteiger partial charge in [-0.25, -0.2) is 0 Å². The van der Waals surface area contributed by atoms with Gasteiger partial charge in [0.1, 0.15) is 0 Å². The highest BCUT2D eigenvalue weighted by Gasteiger charge is 2.12. The van der Waals surface area contributed by atoms with Crippen LogP contribution in [-0.2, 0) is 6.42 Å². The van der Waals surface area contributed by atoms with Gasteiger partial charge in [0.05, 0.1) is 4.88 Å². The molecule has 4 heteroatoms. The second kappa shape index (κ2) is 5.77. The standard InChI is InChI=1S/C16H15NOS2/c1-11(17-16(18)15-7-4-8-19-15)9-12-10-20-14-6-3-2-5-13(12)14/h2-8,10-11H,9H2,1H3,(H,17,18)/t11-/m0/s1. The summed E-state index contributed by atoms with van der Waals surface area (Å²) in [5.74, 6) is 0.0204. The van der Waals surface area contributed by atoms with Crippen LogP contribution < -0.4 is 5.32 Å². The number of thiophene rings is 2. The fourth-order valence-corrected chi connectivity index (χ4v) is 3.88. The molecule has 2 heterocycles. The number of carbonyl (C=O) groups is 1. The summed E-state index contributed by atoms with van der Waals surface area (Å²) in [6, 6.07) is 12.3. The maximum atomic E-state index is 12.0. The summed E-state index contributed by atoms with van der Waals surface area (Å²) in [5.41, 5.74) is 1.31. The SMILES string of the molecule is C[C@@H](Cc1csc2ccccc12)NC(=O)c1cccs1. The summed E-state index contributed by atoms with van der Waals surface area (Å²) in [6.07, 6.45) is 0.862. The minimum atomic E-state index is 0.0204. The molecule has 0 aliphatic rings. The summed E-state index contributed by atoms with van der Waals surface area (Å²) in [4.78, 5) is 12.8. The van der Waals surface area contributed by atoms with Crippen LogP contribution >= 0.6 is 22.7 Å². The molecule has 1 amide bonds. The third-order valence-corrected chi connectivity index (χ3v) is 5.09. The number of nitrogens with one attached hydrogen (secondary N) is 1. The summed E-state index contributed by atoms with van der Waals surface area (Å²) in [6.45, 7) is 2.05. The van der Waals surface area contributed by atoms with E-state index in [9.17, 15) is 4.79 Å². The van der Waals surface area contributed by atoms with Crippen LogP contribution in [0.2, 0.25) is 0 Å². The second-order valence-electron chi connectivity index (χ2n) is 4.81. The van der Waals surface area contributed by atoms with Crippen molar-refractivity contribution in [1.29, 1.82) is 0 Å². The lowest BCUT2D eigenvalue weighted by Gasteiger charge is -2.12. The molecule has 1 N–H and O–H groups in total. The van der Waals surface area contributed by atoms with E-state index in [4.69, 9.17) is 0 Å². The first kappa shape index (κ1) is 13.3. The van der Waals surface area contributed by atoms with Crippen molar-refractivity contribution in [1.82, 2.24) is 5.32 Å². The molecule has 0 aliphatic heterocycles. The van der Waals surface area contributed by atoms with Crippen molar-refractivity contribution in [3.63, 3.8) is 0 Å². The van der Waals surface area contributed by atoms with Crippen LogP contribution in [0.15, 0.2) is 47.2 Å². The minimum Gasteiger partial charge on any atom is -0.349 e. The van der Waals surface area contributed by atoms with Gasteiger partial charge in [0, 0.05) is 10.7 Å². The Morgan fingerprint density at radius 1 is 1.20 bits per heavy atom. The molecule has 2 aromatic heterocycles. The van der Waals surface area contributed by atoms with E-state index in [-0.39, 0.29) is 11.9 Å². The number of amides is 1. The van der Waals surface area contributed by atoms with Gasteiger partial charge in [0.15, 0.2) is 0 Å². The van der Waals surface area contributed by atoms with Gasteiger partial charge >= 0.3 is 0 Å². The highest BCUT2D eigenvalue weighted by atomic mass is 32.1. The summed E-state index contributed by atoms with van der Waals surface area (Å²) in [5, 5.41) is 8.48. The first-order valence-electron chi connectivity index (χ1n) is 6.53. The van der Waals surface area contributed by atoms with Gasteiger partial charge in [-0.1, -0.05) is 24.3 Å². The Labute approximate surface area is 126 Å². The molecule has 3 aromatic rings. The first-order valence-corrected chi connectivity index (χ1v) is 8.29. The Morgan fingerprint density at radius 3 is 2.85 bits per heavy atom. The van der Waals surface area contributed by atoms with Crippen LogP contribution in [0.3, 0.4) is 0 Å². The number of benzene rings is 1. The molecule has 0 spiro atoms. The summed E-state index contributed by atoms with van der Waals surface area (Å²) in [7, 11) is 0. The number of rotatable bonds is 4. The second-order valence-corrected chi connectivity index (χ2v) is 6.67. The molecule has 0 fully saturated rings. The Balaban J connectivity index is 1.70. The third kappa shape index (κ3) is 2.76. The largest absolute Gasteiger partial charge is 0.349 e. The molecular formula is C16H15NOS2. The van der Waals surface area contributed by atoms with E-state index in [0.717, 1.165) is 11.3 Å². The van der Waals surface area contributed by atoms with Gasteiger partial charge in [-0.2, -0.15) is 0 Å². The molecule has 1 aromatic carbocycles. The number of fused-ring (bicyclic) bond motifs is 1. The van der Waals surface area contributed by atoms with Crippen molar-refractivity contribution < 1.29 is 4.79 Å². The van der Waals surface area contributed by atoms with E-state index < -0.39 is 0 Å². The number of hydrogen-bond donors (Lipinski definition) is 1. The molecular weight excluding hydrogens is 286 g/mol. The van der Waals surface area contributed by atoms with Crippen LogP contribution in [0.5, 0.6) is 0 Å². The molecule has 2 nitrogen and oxygen atoms in total. The lowest BCUT2D eigenvalue weighted by molar-refractivity contribution is 0.0944. The Bertz CT molecular complexity index is 715. The van der Waals surface area contributed by atoms with Gasteiger partial charge in [0.2, 0.25) is 0 Å². The molecule has 0 bridgehead atoms. The maximum absolute atomic E-state index is 12.0. The van der Waals surface area contributed by atoms with Crippen molar-refractivity contribution in [3.05, 3.63) is 57.6 Å². The zero-order valence-electron chi connectivity index (χ0n) is 11.1. The Morgan fingerprint density at radius 2 is 2.05 bits per heavy atom. The molecule has 0 unspecified atom stereocenters. The lowest BCUT2D eigenvalue weighted by Crippen LogP contribution is -2.33. The fraction of sp³-hybridized carbons (Fsp3) is 0.188. The highest BCUT2D eigenvalue weighted by Crippen LogP contribution is 2.26. The van der Waals surface area contributed by atoms with E-state index in [1.807, 2.05) is 17.5 Å². The zero-order valence-corrected chi connectivity index (χ0v) is 12.8. The van der Waals surface area contributed by atoms with Crippen molar-refractivity contribution >= 4 is 38.7 Å². The van der Waals surface area contributed by atoms with Gasteiger partial charge in [-0.3, -0.25) is 4.79 Å². The minimum absolute atomic E-state index is 0.0204. The maximum Gasteiger partial charge on any atom is 0.261 e. The normalized spacial score (nSPS) is 12.4. The smallest absolute Gasteiger partial charge is 0.261 e. The Hall–Kier alpha value is -1.65. The fourth-order valence-electron chi connectivity index (χ4n) is 2.27. The van der Waals surface area contributed by atoms with Gasteiger partial charge in [-0.05, 0) is 47.2 Å². The van der Waals surface area contributed by atoms with Gasteiger partial charge in [-0.15, -0.1) is 22.7 Å².